The Hall–Kier alpha value is -4.52. The second kappa shape index (κ2) is 14.1. The zero-order valence-electron chi connectivity index (χ0n) is 24.6. The van der Waals surface area contributed by atoms with E-state index in [1.165, 1.54) is 22.3 Å². The molecule has 2 unspecified atom stereocenters. The van der Waals surface area contributed by atoms with Crippen LogP contribution >= 0.6 is 0 Å². The topological polar surface area (TPSA) is 77.4 Å². The molecule has 222 valence electrons. The molecule has 0 spiro atoms. The van der Waals surface area contributed by atoms with Crippen molar-refractivity contribution in [3.05, 3.63) is 144 Å². The highest BCUT2D eigenvalue weighted by Gasteiger charge is 2.45. The zero-order chi connectivity index (χ0) is 30.1. The fourth-order valence-electron chi connectivity index (χ4n) is 5.63. The van der Waals surface area contributed by atoms with E-state index in [0.29, 0.717) is 11.5 Å². The number of ether oxygens (including phenoxy) is 4. The van der Waals surface area contributed by atoms with E-state index >= 15 is 0 Å². The van der Waals surface area contributed by atoms with Gasteiger partial charge < -0.3 is 29.2 Å². The molecule has 0 saturated carbocycles. The summed E-state index contributed by atoms with van der Waals surface area (Å²) >= 11 is 0. The first-order valence-corrected chi connectivity index (χ1v) is 14.6. The van der Waals surface area contributed by atoms with Gasteiger partial charge in [0.05, 0.1) is 17.9 Å². The van der Waals surface area contributed by atoms with E-state index in [-0.39, 0.29) is 26.4 Å². The number of fused-ring (bicyclic) bond motifs is 3. The molecule has 0 bridgehead atoms. The van der Waals surface area contributed by atoms with Gasteiger partial charge in [-0.1, -0.05) is 84.9 Å². The van der Waals surface area contributed by atoms with Crippen molar-refractivity contribution in [2.45, 2.75) is 31.5 Å². The number of allylic oxidation sites excluding steroid dienone is 2. The molecule has 4 aromatic rings. The first-order valence-electron chi connectivity index (χ1n) is 14.6. The van der Waals surface area contributed by atoms with E-state index in [0.717, 1.165) is 11.1 Å². The van der Waals surface area contributed by atoms with Crippen LogP contribution in [0, 0.1) is 0 Å². The summed E-state index contributed by atoms with van der Waals surface area (Å²) in [7, 11) is 0. The van der Waals surface area contributed by atoms with E-state index in [1.807, 2.05) is 38.1 Å². The monoisotopic (exact) mass is 578 g/mol. The van der Waals surface area contributed by atoms with E-state index in [2.05, 4.69) is 72.8 Å². The lowest BCUT2D eigenvalue weighted by Gasteiger charge is -2.34. The largest absolute Gasteiger partial charge is 0.499 e. The number of aliphatic hydroxyl groups excluding tert-OH is 2. The van der Waals surface area contributed by atoms with E-state index in [9.17, 15) is 10.2 Å². The molecule has 0 amide bonds. The van der Waals surface area contributed by atoms with Crippen LogP contribution in [-0.2, 0) is 14.9 Å². The summed E-state index contributed by atoms with van der Waals surface area (Å²) in [6, 6.07) is 33.3. The first kappa shape index (κ1) is 30.0. The second-order valence-corrected chi connectivity index (χ2v) is 10.4. The van der Waals surface area contributed by atoms with E-state index < -0.39 is 17.6 Å². The summed E-state index contributed by atoms with van der Waals surface area (Å²) in [5, 5.41) is 20.4. The van der Waals surface area contributed by atoms with Crippen molar-refractivity contribution in [3.8, 4) is 22.6 Å². The maximum Gasteiger partial charge on any atom is 0.122 e. The summed E-state index contributed by atoms with van der Waals surface area (Å²) in [5.74, 6) is 1.34. The van der Waals surface area contributed by atoms with Crippen molar-refractivity contribution in [1.29, 1.82) is 0 Å². The quantitative estimate of drug-likeness (QED) is 0.144. The molecule has 2 atom stereocenters. The minimum Gasteiger partial charge on any atom is -0.499 e. The normalized spacial score (nSPS) is 14.7. The summed E-state index contributed by atoms with van der Waals surface area (Å²) in [6.07, 6.45) is 5.18. The highest BCUT2D eigenvalue weighted by molar-refractivity contribution is 5.86. The van der Waals surface area contributed by atoms with Gasteiger partial charge in [0.1, 0.15) is 50.1 Å². The van der Waals surface area contributed by atoms with Crippen LogP contribution in [0.4, 0.5) is 0 Å². The number of rotatable bonds is 14. The van der Waals surface area contributed by atoms with Gasteiger partial charge in [0, 0.05) is 0 Å². The Labute approximate surface area is 253 Å². The Morgan fingerprint density at radius 1 is 0.558 bits per heavy atom. The van der Waals surface area contributed by atoms with Crippen LogP contribution in [0.5, 0.6) is 11.5 Å². The zero-order valence-corrected chi connectivity index (χ0v) is 24.6. The van der Waals surface area contributed by atoms with Gasteiger partial charge in [-0.2, -0.15) is 0 Å². The molecule has 0 saturated heterocycles. The highest BCUT2D eigenvalue weighted by atomic mass is 16.5. The molecule has 6 heteroatoms. The summed E-state index contributed by atoms with van der Waals surface area (Å²) < 4.78 is 22.3. The Balaban J connectivity index is 1.46. The van der Waals surface area contributed by atoms with Crippen LogP contribution in [0.1, 0.15) is 36.1 Å². The molecular formula is C37H38O6. The minimum absolute atomic E-state index is 0.130. The first-order chi connectivity index (χ1) is 21.1. The van der Waals surface area contributed by atoms with Crippen LogP contribution in [-0.4, -0.2) is 48.8 Å². The third kappa shape index (κ3) is 6.46. The van der Waals surface area contributed by atoms with Crippen LogP contribution in [0.15, 0.2) is 122 Å². The summed E-state index contributed by atoms with van der Waals surface area (Å²) in [4.78, 5) is 0. The predicted octanol–water partition coefficient (Wildman–Crippen LogP) is 6.63. The number of hydrogen-bond donors (Lipinski definition) is 2. The smallest absolute Gasteiger partial charge is 0.122 e. The van der Waals surface area contributed by atoms with Crippen LogP contribution in [0.2, 0.25) is 0 Å². The minimum atomic E-state index is -0.738. The summed E-state index contributed by atoms with van der Waals surface area (Å²) in [5.41, 5.74) is 6.43. The number of benzene rings is 4. The van der Waals surface area contributed by atoms with Crippen molar-refractivity contribution < 1.29 is 29.2 Å². The van der Waals surface area contributed by atoms with Crippen LogP contribution < -0.4 is 9.47 Å². The molecule has 2 N–H and O–H groups in total. The molecule has 0 aliphatic heterocycles. The Morgan fingerprint density at radius 3 is 1.35 bits per heavy atom. The standard InChI is InChI=1S/C37H38O6/c1-3-21-40-23-29(38)25-42-31-17-13-27(14-18-31)37(35-11-7-5-9-33(35)34-10-6-8-12-36(34)37)28-15-19-32(20-16-28)43-26-30(39)24-41-22-4-2/h3-22,29-30,38-39H,23-26H2,1-2H3. The molecule has 43 heavy (non-hydrogen) atoms. The van der Waals surface area contributed by atoms with Crippen molar-refractivity contribution in [2.75, 3.05) is 26.4 Å². The van der Waals surface area contributed by atoms with Crippen molar-refractivity contribution >= 4 is 0 Å². The molecule has 1 aliphatic carbocycles. The Bertz CT molecular complexity index is 1410. The molecular weight excluding hydrogens is 540 g/mol. The van der Waals surface area contributed by atoms with Gasteiger partial charge in [0.15, 0.2) is 0 Å². The molecule has 0 heterocycles. The number of aliphatic hydroxyl groups is 2. The molecule has 0 radical (unpaired) electrons. The Morgan fingerprint density at radius 2 is 0.953 bits per heavy atom. The second-order valence-electron chi connectivity index (χ2n) is 10.4. The van der Waals surface area contributed by atoms with Crippen LogP contribution in [0.3, 0.4) is 0 Å². The average molecular weight is 579 g/mol. The van der Waals surface area contributed by atoms with Crippen LogP contribution in [0.25, 0.3) is 11.1 Å². The summed E-state index contributed by atoms with van der Waals surface area (Å²) in [6.45, 7) is 4.31. The SMILES string of the molecule is CC=COCC(O)COc1ccc(C2(c3ccc(OCC(O)COC=CC)cc3)c3ccccc3-c3ccccc32)cc1. The maximum absolute atomic E-state index is 10.2. The lowest BCUT2D eigenvalue weighted by atomic mass is 9.68. The molecule has 6 nitrogen and oxygen atoms in total. The lowest BCUT2D eigenvalue weighted by Crippen LogP contribution is -2.28. The van der Waals surface area contributed by atoms with Gasteiger partial charge in [-0.05, 0) is 71.5 Å². The van der Waals surface area contributed by atoms with Crippen molar-refractivity contribution in [3.63, 3.8) is 0 Å². The van der Waals surface area contributed by atoms with Gasteiger partial charge in [-0.15, -0.1) is 0 Å². The fraction of sp³-hybridized carbons (Fsp3) is 0.243. The van der Waals surface area contributed by atoms with Gasteiger partial charge >= 0.3 is 0 Å². The third-order valence-electron chi connectivity index (χ3n) is 7.45. The number of hydrogen-bond acceptors (Lipinski definition) is 6. The molecule has 0 fully saturated rings. The predicted molar refractivity (Wildman–Crippen MR) is 168 cm³/mol. The molecule has 4 aromatic carbocycles. The maximum atomic E-state index is 10.2. The van der Waals surface area contributed by atoms with Gasteiger partial charge in [0.2, 0.25) is 0 Å². The molecule has 1 aliphatic rings. The van der Waals surface area contributed by atoms with Gasteiger partial charge in [-0.25, -0.2) is 0 Å². The Kier molecular flexibility index (Phi) is 9.82. The van der Waals surface area contributed by atoms with Gasteiger partial charge in [-0.3, -0.25) is 0 Å². The van der Waals surface area contributed by atoms with E-state index in [4.69, 9.17) is 18.9 Å². The average Bonchev–Trinajstić information content (AvgIpc) is 3.35. The van der Waals surface area contributed by atoms with Gasteiger partial charge in [0.25, 0.3) is 0 Å². The molecule has 0 aromatic heterocycles. The van der Waals surface area contributed by atoms with Crippen molar-refractivity contribution in [2.24, 2.45) is 0 Å². The third-order valence-corrected chi connectivity index (χ3v) is 7.45. The highest BCUT2D eigenvalue weighted by Crippen LogP contribution is 2.56. The van der Waals surface area contributed by atoms with E-state index in [1.54, 1.807) is 24.7 Å². The lowest BCUT2D eigenvalue weighted by molar-refractivity contribution is 0.0463. The van der Waals surface area contributed by atoms with Crippen molar-refractivity contribution in [1.82, 2.24) is 0 Å². The molecule has 5 rings (SSSR count). The fourth-order valence-corrected chi connectivity index (χ4v) is 5.63.